The smallest absolute Gasteiger partial charge is 0.141 e. The maximum Gasteiger partial charge on any atom is 0.141 e. The van der Waals surface area contributed by atoms with Crippen LogP contribution in [0.15, 0.2) is 6.33 Å². The van der Waals surface area contributed by atoms with Gasteiger partial charge >= 0.3 is 0 Å². The summed E-state index contributed by atoms with van der Waals surface area (Å²) in [5, 5.41) is 7.57. The molecule has 14 heavy (non-hydrogen) atoms. The summed E-state index contributed by atoms with van der Waals surface area (Å²) in [6.45, 7) is 9.37. The highest BCUT2D eigenvalue weighted by atomic mass is 15.4. The van der Waals surface area contributed by atoms with Crippen molar-refractivity contribution in [2.75, 3.05) is 0 Å². The Morgan fingerprint density at radius 3 is 2.71 bits per heavy atom. The predicted octanol–water partition coefficient (Wildman–Crippen LogP) is 1.75. The second-order valence-electron chi connectivity index (χ2n) is 3.91. The molecule has 1 atom stereocenters. The van der Waals surface area contributed by atoms with Gasteiger partial charge < -0.3 is 5.32 Å². The third-order valence-electron chi connectivity index (χ3n) is 2.32. The molecule has 80 valence electrons. The zero-order valence-corrected chi connectivity index (χ0v) is 9.49. The van der Waals surface area contributed by atoms with Gasteiger partial charge in [-0.05, 0) is 13.3 Å². The van der Waals surface area contributed by atoms with Crippen LogP contribution in [0.5, 0.6) is 0 Å². The standard InChI is InChI=1S/C10H20N4/c1-5-9(4)14-10(12-7-13-14)6-11-8(2)3/h7-9,11H,5-6H2,1-4H3. The third-order valence-corrected chi connectivity index (χ3v) is 2.32. The molecular weight excluding hydrogens is 176 g/mol. The molecule has 0 aliphatic heterocycles. The maximum atomic E-state index is 4.25. The molecule has 0 bridgehead atoms. The van der Waals surface area contributed by atoms with E-state index < -0.39 is 0 Å². The minimum atomic E-state index is 0.432. The second-order valence-corrected chi connectivity index (χ2v) is 3.91. The van der Waals surface area contributed by atoms with Crippen molar-refractivity contribution in [3.8, 4) is 0 Å². The minimum absolute atomic E-state index is 0.432. The summed E-state index contributed by atoms with van der Waals surface area (Å²) < 4.78 is 2.00. The topological polar surface area (TPSA) is 42.7 Å². The minimum Gasteiger partial charge on any atom is -0.308 e. The largest absolute Gasteiger partial charge is 0.308 e. The molecule has 0 aromatic carbocycles. The highest BCUT2D eigenvalue weighted by molar-refractivity contribution is 4.86. The number of aromatic nitrogens is 3. The van der Waals surface area contributed by atoms with Gasteiger partial charge in [-0.3, -0.25) is 0 Å². The van der Waals surface area contributed by atoms with E-state index in [4.69, 9.17) is 0 Å². The molecule has 0 aliphatic carbocycles. The van der Waals surface area contributed by atoms with Crippen molar-refractivity contribution in [1.29, 1.82) is 0 Å². The molecular formula is C10H20N4. The number of hydrogen-bond donors (Lipinski definition) is 1. The Labute approximate surface area is 85.7 Å². The van der Waals surface area contributed by atoms with Crippen molar-refractivity contribution in [3.05, 3.63) is 12.2 Å². The second kappa shape index (κ2) is 5.10. The van der Waals surface area contributed by atoms with Crippen molar-refractivity contribution in [3.63, 3.8) is 0 Å². The first-order valence-electron chi connectivity index (χ1n) is 5.26. The lowest BCUT2D eigenvalue weighted by Gasteiger charge is -2.13. The van der Waals surface area contributed by atoms with Gasteiger partial charge in [0, 0.05) is 6.04 Å². The SMILES string of the molecule is CCC(C)n1ncnc1CNC(C)C. The normalized spacial score (nSPS) is 13.5. The number of nitrogens with zero attached hydrogens (tertiary/aromatic N) is 3. The van der Waals surface area contributed by atoms with E-state index in [1.165, 1.54) is 0 Å². The van der Waals surface area contributed by atoms with Crippen molar-refractivity contribution in [2.45, 2.75) is 52.7 Å². The van der Waals surface area contributed by atoms with E-state index in [-0.39, 0.29) is 0 Å². The van der Waals surface area contributed by atoms with Crippen LogP contribution >= 0.6 is 0 Å². The maximum absolute atomic E-state index is 4.25. The molecule has 0 aliphatic rings. The highest BCUT2D eigenvalue weighted by Crippen LogP contribution is 2.09. The fourth-order valence-corrected chi connectivity index (χ4v) is 1.24. The van der Waals surface area contributed by atoms with E-state index >= 15 is 0 Å². The van der Waals surface area contributed by atoms with Crippen LogP contribution in [-0.2, 0) is 6.54 Å². The Morgan fingerprint density at radius 2 is 2.14 bits per heavy atom. The zero-order valence-electron chi connectivity index (χ0n) is 9.49. The van der Waals surface area contributed by atoms with Crippen LogP contribution in [0.25, 0.3) is 0 Å². The molecule has 0 fully saturated rings. The first-order valence-corrected chi connectivity index (χ1v) is 5.26. The molecule has 1 unspecified atom stereocenters. The van der Waals surface area contributed by atoms with Crippen molar-refractivity contribution < 1.29 is 0 Å². The lowest BCUT2D eigenvalue weighted by atomic mass is 10.2. The molecule has 1 aromatic rings. The Hall–Kier alpha value is -0.900. The van der Waals surface area contributed by atoms with Gasteiger partial charge in [0.2, 0.25) is 0 Å². The van der Waals surface area contributed by atoms with Crippen LogP contribution in [0.1, 0.15) is 46.0 Å². The van der Waals surface area contributed by atoms with E-state index in [1.54, 1.807) is 6.33 Å². The monoisotopic (exact) mass is 196 g/mol. The van der Waals surface area contributed by atoms with Crippen molar-refractivity contribution in [1.82, 2.24) is 20.1 Å². The number of rotatable bonds is 5. The third kappa shape index (κ3) is 2.80. The summed E-state index contributed by atoms with van der Waals surface area (Å²) in [6.07, 6.45) is 2.71. The number of hydrogen-bond acceptors (Lipinski definition) is 3. The zero-order chi connectivity index (χ0) is 10.6. The molecule has 4 nitrogen and oxygen atoms in total. The molecule has 1 N–H and O–H groups in total. The Kier molecular flexibility index (Phi) is 4.07. The van der Waals surface area contributed by atoms with Gasteiger partial charge in [0.1, 0.15) is 12.2 Å². The molecule has 0 radical (unpaired) electrons. The summed E-state index contributed by atoms with van der Waals surface area (Å²) in [6, 6.07) is 0.915. The van der Waals surface area contributed by atoms with E-state index in [1.807, 2.05) is 4.68 Å². The van der Waals surface area contributed by atoms with E-state index in [2.05, 4.69) is 43.1 Å². The molecule has 1 heterocycles. The lowest BCUT2D eigenvalue weighted by molar-refractivity contribution is 0.441. The van der Waals surface area contributed by atoms with Gasteiger partial charge in [0.15, 0.2) is 0 Å². The van der Waals surface area contributed by atoms with Gasteiger partial charge in [0.25, 0.3) is 0 Å². The molecule has 1 rings (SSSR count). The van der Waals surface area contributed by atoms with Crippen LogP contribution in [0.4, 0.5) is 0 Å². The van der Waals surface area contributed by atoms with E-state index in [0.717, 1.165) is 18.8 Å². The fourth-order valence-electron chi connectivity index (χ4n) is 1.24. The molecule has 0 amide bonds. The van der Waals surface area contributed by atoms with E-state index in [9.17, 15) is 0 Å². The summed E-state index contributed by atoms with van der Waals surface area (Å²) in [5.74, 6) is 1.02. The Morgan fingerprint density at radius 1 is 1.43 bits per heavy atom. The molecule has 0 saturated carbocycles. The average molecular weight is 196 g/mol. The molecule has 1 aromatic heterocycles. The highest BCUT2D eigenvalue weighted by Gasteiger charge is 2.09. The Balaban J connectivity index is 2.62. The summed E-state index contributed by atoms with van der Waals surface area (Å²) >= 11 is 0. The van der Waals surface area contributed by atoms with Crippen LogP contribution in [0, 0.1) is 0 Å². The van der Waals surface area contributed by atoms with Gasteiger partial charge in [-0.25, -0.2) is 9.67 Å². The van der Waals surface area contributed by atoms with Gasteiger partial charge in [-0.15, -0.1) is 0 Å². The Bertz CT molecular complexity index is 267. The first-order chi connectivity index (χ1) is 6.65. The summed E-state index contributed by atoms with van der Waals surface area (Å²) in [4.78, 5) is 4.25. The summed E-state index contributed by atoms with van der Waals surface area (Å²) in [5.41, 5.74) is 0. The van der Waals surface area contributed by atoms with Gasteiger partial charge in [-0.2, -0.15) is 5.10 Å². The summed E-state index contributed by atoms with van der Waals surface area (Å²) in [7, 11) is 0. The fraction of sp³-hybridized carbons (Fsp3) is 0.800. The van der Waals surface area contributed by atoms with Crippen LogP contribution in [0.3, 0.4) is 0 Å². The lowest BCUT2D eigenvalue weighted by Crippen LogP contribution is -2.25. The number of nitrogens with one attached hydrogen (secondary N) is 1. The quantitative estimate of drug-likeness (QED) is 0.780. The van der Waals surface area contributed by atoms with Crippen molar-refractivity contribution >= 4 is 0 Å². The molecule has 4 heteroatoms. The predicted molar refractivity (Wildman–Crippen MR) is 57.0 cm³/mol. The van der Waals surface area contributed by atoms with E-state index in [0.29, 0.717) is 12.1 Å². The average Bonchev–Trinajstić information content (AvgIpc) is 2.61. The molecule has 0 saturated heterocycles. The molecule has 0 spiro atoms. The van der Waals surface area contributed by atoms with Crippen molar-refractivity contribution in [2.24, 2.45) is 0 Å². The van der Waals surface area contributed by atoms with Crippen LogP contribution in [-0.4, -0.2) is 20.8 Å². The first kappa shape index (κ1) is 11.2. The van der Waals surface area contributed by atoms with Crippen LogP contribution in [0.2, 0.25) is 0 Å². The van der Waals surface area contributed by atoms with Gasteiger partial charge in [-0.1, -0.05) is 20.8 Å². The van der Waals surface area contributed by atoms with Crippen LogP contribution < -0.4 is 5.32 Å². The van der Waals surface area contributed by atoms with Gasteiger partial charge in [0.05, 0.1) is 12.6 Å².